The highest BCUT2D eigenvalue weighted by atomic mass is 79.9. The van der Waals surface area contributed by atoms with Crippen molar-refractivity contribution in [1.29, 1.82) is 0 Å². The molecular weight excluding hydrogens is 295 g/mol. The molecule has 0 aliphatic rings. The molecule has 0 aromatic heterocycles. The number of para-hydroxylation sites is 1. The average Bonchev–Trinajstić information content (AvgIpc) is 2.27. The maximum Gasteiger partial charge on any atom is 0.125 e. The molecule has 94 valence electrons. The quantitative estimate of drug-likeness (QED) is 0.792. The summed E-state index contributed by atoms with van der Waals surface area (Å²) in [6.07, 6.45) is 0. The van der Waals surface area contributed by atoms with Crippen molar-refractivity contribution >= 4 is 15.9 Å². The third kappa shape index (κ3) is 3.10. The van der Waals surface area contributed by atoms with Crippen molar-refractivity contribution in [2.45, 2.75) is 20.5 Å². The van der Waals surface area contributed by atoms with E-state index in [1.165, 1.54) is 12.1 Å². The third-order valence-electron chi connectivity index (χ3n) is 2.71. The van der Waals surface area contributed by atoms with Crippen LogP contribution in [0.2, 0.25) is 0 Å². The van der Waals surface area contributed by atoms with E-state index >= 15 is 0 Å². The summed E-state index contributed by atoms with van der Waals surface area (Å²) in [5, 5.41) is 0. The van der Waals surface area contributed by atoms with Gasteiger partial charge in [-0.1, -0.05) is 34.1 Å². The second kappa shape index (κ2) is 5.53. The van der Waals surface area contributed by atoms with E-state index in [9.17, 15) is 4.39 Å². The highest BCUT2D eigenvalue weighted by Gasteiger charge is 2.05. The molecule has 0 aliphatic carbocycles. The van der Waals surface area contributed by atoms with Gasteiger partial charge in [-0.3, -0.25) is 0 Å². The van der Waals surface area contributed by atoms with E-state index in [1.54, 1.807) is 0 Å². The first-order valence-electron chi connectivity index (χ1n) is 5.70. The molecule has 3 heteroatoms. The Balaban J connectivity index is 2.16. The summed E-state index contributed by atoms with van der Waals surface area (Å²) in [6, 6.07) is 10.8. The van der Waals surface area contributed by atoms with Gasteiger partial charge >= 0.3 is 0 Å². The fraction of sp³-hybridized carbons (Fsp3) is 0.200. The number of aryl methyl sites for hydroxylation is 2. The van der Waals surface area contributed by atoms with Gasteiger partial charge in [0.2, 0.25) is 0 Å². The van der Waals surface area contributed by atoms with Crippen LogP contribution in [0.5, 0.6) is 5.75 Å². The van der Waals surface area contributed by atoms with Crippen molar-refractivity contribution in [3.63, 3.8) is 0 Å². The molecule has 1 nitrogen and oxygen atoms in total. The third-order valence-corrected chi connectivity index (χ3v) is 3.17. The lowest BCUT2D eigenvalue weighted by atomic mass is 10.1. The molecule has 18 heavy (non-hydrogen) atoms. The smallest absolute Gasteiger partial charge is 0.125 e. The van der Waals surface area contributed by atoms with Crippen molar-refractivity contribution in [1.82, 2.24) is 0 Å². The zero-order valence-corrected chi connectivity index (χ0v) is 11.9. The van der Waals surface area contributed by atoms with Crippen molar-refractivity contribution < 1.29 is 9.13 Å². The molecule has 0 fully saturated rings. The zero-order chi connectivity index (χ0) is 13.1. The van der Waals surface area contributed by atoms with Crippen molar-refractivity contribution in [3.8, 4) is 5.75 Å². The van der Waals surface area contributed by atoms with Crippen LogP contribution in [0.25, 0.3) is 0 Å². The molecule has 0 radical (unpaired) electrons. The lowest BCUT2D eigenvalue weighted by Gasteiger charge is -2.12. The Morgan fingerprint density at radius 2 is 1.78 bits per heavy atom. The lowest BCUT2D eigenvalue weighted by molar-refractivity contribution is 0.301. The Bertz CT molecular complexity index is 526. The van der Waals surface area contributed by atoms with Crippen molar-refractivity contribution in [3.05, 3.63) is 63.4 Å². The number of ether oxygens (including phenoxy) is 1. The zero-order valence-electron chi connectivity index (χ0n) is 10.3. The first-order chi connectivity index (χ1) is 8.56. The fourth-order valence-corrected chi connectivity index (χ4v) is 2.39. The number of halogens is 2. The largest absolute Gasteiger partial charge is 0.488 e. The molecule has 0 bridgehead atoms. The molecule has 2 aromatic rings. The minimum atomic E-state index is -0.260. The molecular formula is C15H14BrFO. The van der Waals surface area contributed by atoms with E-state index in [0.29, 0.717) is 6.61 Å². The van der Waals surface area contributed by atoms with E-state index in [2.05, 4.69) is 15.9 Å². The van der Waals surface area contributed by atoms with Gasteiger partial charge < -0.3 is 4.74 Å². The van der Waals surface area contributed by atoms with Crippen LogP contribution >= 0.6 is 15.9 Å². The molecule has 0 atom stereocenters. The van der Waals surface area contributed by atoms with Crippen LogP contribution in [-0.4, -0.2) is 0 Å². The summed E-state index contributed by atoms with van der Waals surface area (Å²) in [5.74, 6) is 0.613. The van der Waals surface area contributed by atoms with E-state index < -0.39 is 0 Å². The Labute approximate surface area is 115 Å². The summed E-state index contributed by atoms with van der Waals surface area (Å²) in [7, 11) is 0. The SMILES string of the molecule is Cc1cccc(C)c1OCc1cc(F)cc(Br)c1. The number of hydrogen-bond donors (Lipinski definition) is 0. The van der Waals surface area contributed by atoms with E-state index in [-0.39, 0.29) is 5.82 Å². The first-order valence-corrected chi connectivity index (χ1v) is 6.49. The molecule has 2 rings (SSSR count). The fourth-order valence-electron chi connectivity index (χ4n) is 1.88. The maximum atomic E-state index is 13.2. The summed E-state index contributed by atoms with van der Waals surface area (Å²) in [6.45, 7) is 4.37. The first kappa shape index (κ1) is 13.1. The molecule has 0 N–H and O–H groups in total. The minimum Gasteiger partial charge on any atom is -0.488 e. The topological polar surface area (TPSA) is 9.23 Å². The summed E-state index contributed by atoms with van der Waals surface area (Å²) in [5.41, 5.74) is 2.99. The maximum absolute atomic E-state index is 13.2. The molecule has 0 aliphatic heterocycles. The summed E-state index contributed by atoms with van der Waals surface area (Å²) in [4.78, 5) is 0. The van der Waals surface area contributed by atoms with Crippen LogP contribution in [0.1, 0.15) is 16.7 Å². The van der Waals surface area contributed by atoms with Crippen molar-refractivity contribution in [2.24, 2.45) is 0 Å². The van der Waals surface area contributed by atoms with E-state index in [1.807, 2.05) is 38.1 Å². The van der Waals surface area contributed by atoms with Gasteiger partial charge in [0.05, 0.1) is 0 Å². The van der Waals surface area contributed by atoms with Gasteiger partial charge in [-0.2, -0.15) is 0 Å². The summed E-state index contributed by atoms with van der Waals surface area (Å²) < 4.78 is 19.7. The monoisotopic (exact) mass is 308 g/mol. The predicted molar refractivity (Wildman–Crippen MR) is 74.3 cm³/mol. The number of benzene rings is 2. The number of rotatable bonds is 3. The Hall–Kier alpha value is -1.35. The molecule has 2 aromatic carbocycles. The predicted octanol–water partition coefficient (Wildman–Crippen LogP) is 4.78. The van der Waals surface area contributed by atoms with Gasteiger partial charge in [0, 0.05) is 4.47 Å². The molecule has 0 amide bonds. The van der Waals surface area contributed by atoms with E-state index in [4.69, 9.17) is 4.74 Å². The molecule has 0 saturated heterocycles. The van der Waals surface area contributed by atoms with Crippen molar-refractivity contribution in [2.75, 3.05) is 0 Å². The number of hydrogen-bond acceptors (Lipinski definition) is 1. The molecule has 0 spiro atoms. The van der Waals surface area contributed by atoms with Gasteiger partial charge in [-0.25, -0.2) is 4.39 Å². The second-order valence-corrected chi connectivity index (χ2v) is 5.20. The van der Waals surface area contributed by atoms with Crippen LogP contribution in [0, 0.1) is 19.7 Å². The van der Waals surface area contributed by atoms with E-state index in [0.717, 1.165) is 26.9 Å². The minimum absolute atomic E-state index is 0.260. The molecule has 0 saturated carbocycles. The van der Waals surface area contributed by atoms with Gasteiger partial charge in [-0.05, 0) is 48.7 Å². The van der Waals surface area contributed by atoms with Crippen LogP contribution in [0.4, 0.5) is 4.39 Å². The Kier molecular flexibility index (Phi) is 4.02. The van der Waals surface area contributed by atoms with Crippen LogP contribution in [-0.2, 0) is 6.61 Å². The van der Waals surface area contributed by atoms with Crippen LogP contribution in [0.3, 0.4) is 0 Å². The highest BCUT2D eigenvalue weighted by Crippen LogP contribution is 2.24. The van der Waals surface area contributed by atoms with Gasteiger partial charge in [-0.15, -0.1) is 0 Å². The second-order valence-electron chi connectivity index (χ2n) is 4.29. The Morgan fingerprint density at radius 3 is 2.39 bits per heavy atom. The normalized spacial score (nSPS) is 10.4. The Morgan fingerprint density at radius 1 is 1.11 bits per heavy atom. The standard InChI is InChI=1S/C15H14BrFO/c1-10-4-3-5-11(2)15(10)18-9-12-6-13(16)8-14(17)7-12/h3-8H,9H2,1-2H3. The molecule has 0 heterocycles. The summed E-state index contributed by atoms with van der Waals surface area (Å²) >= 11 is 3.27. The average molecular weight is 309 g/mol. The van der Waals surface area contributed by atoms with Gasteiger partial charge in [0.1, 0.15) is 18.2 Å². The van der Waals surface area contributed by atoms with Crippen LogP contribution in [0.15, 0.2) is 40.9 Å². The molecule has 0 unspecified atom stereocenters. The van der Waals surface area contributed by atoms with Gasteiger partial charge in [0.25, 0.3) is 0 Å². The van der Waals surface area contributed by atoms with Gasteiger partial charge in [0.15, 0.2) is 0 Å². The lowest BCUT2D eigenvalue weighted by Crippen LogP contribution is -1.99. The van der Waals surface area contributed by atoms with Crippen LogP contribution < -0.4 is 4.74 Å². The highest BCUT2D eigenvalue weighted by molar-refractivity contribution is 9.10.